The number of halogens is 1. The Bertz CT molecular complexity index is 738. The van der Waals surface area contributed by atoms with E-state index in [1.807, 2.05) is 12.1 Å². The van der Waals surface area contributed by atoms with E-state index < -0.39 is 4.92 Å². The van der Waals surface area contributed by atoms with Crippen LogP contribution in [0.2, 0.25) is 5.02 Å². The Morgan fingerprint density at radius 3 is 2.81 bits per heavy atom. The number of hydrogen-bond acceptors (Lipinski definition) is 4. The van der Waals surface area contributed by atoms with E-state index in [4.69, 9.17) is 16.9 Å². The molecule has 0 aliphatic rings. The smallest absolute Gasteiger partial charge is 0.272 e. The molecule has 0 aliphatic carbocycles. The lowest BCUT2D eigenvalue weighted by molar-refractivity contribution is -0.385. The van der Waals surface area contributed by atoms with Gasteiger partial charge in [0.1, 0.15) is 0 Å². The van der Waals surface area contributed by atoms with Gasteiger partial charge in [0, 0.05) is 18.2 Å². The first-order chi connectivity index (χ1) is 10.0. The van der Waals surface area contributed by atoms with Crippen molar-refractivity contribution in [2.75, 3.05) is 5.32 Å². The van der Waals surface area contributed by atoms with Crippen LogP contribution in [0.5, 0.6) is 0 Å². The topological polar surface area (TPSA) is 79.0 Å². The molecule has 0 fully saturated rings. The monoisotopic (exact) mass is 301 g/mol. The summed E-state index contributed by atoms with van der Waals surface area (Å²) in [7, 11) is 0. The normalized spacial score (nSPS) is 9.95. The van der Waals surface area contributed by atoms with Crippen LogP contribution in [-0.4, -0.2) is 4.92 Å². The van der Waals surface area contributed by atoms with Crippen molar-refractivity contribution >= 4 is 23.0 Å². The van der Waals surface area contributed by atoms with E-state index in [1.54, 1.807) is 31.2 Å². The van der Waals surface area contributed by atoms with E-state index in [-0.39, 0.29) is 5.69 Å². The zero-order valence-corrected chi connectivity index (χ0v) is 12.0. The number of nitro groups is 1. The molecule has 0 unspecified atom stereocenters. The second-order valence-corrected chi connectivity index (χ2v) is 4.89. The molecule has 106 valence electrons. The Kier molecular flexibility index (Phi) is 4.41. The highest BCUT2D eigenvalue weighted by Crippen LogP contribution is 2.25. The number of anilines is 1. The summed E-state index contributed by atoms with van der Waals surface area (Å²) < 4.78 is 0. The largest absolute Gasteiger partial charge is 0.380 e. The van der Waals surface area contributed by atoms with Crippen LogP contribution in [0, 0.1) is 28.4 Å². The summed E-state index contributed by atoms with van der Waals surface area (Å²) in [5.74, 6) is 0. The van der Waals surface area contributed by atoms with Gasteiger partial charge in [-0.15, -0.1) is 0 Å². The number of nitrogens with zero attached hydrogens (tertiary/aromatic N) is 2. The van der Waals surface area contributed by atoms with Gasteiger partial charge in [-0.2, -0.15) is 5.26 Å². The van der Waals surface area contributed by atoms with Gasteiger partial charge in [0.05, 0.1) is 27.3 Å². The molecule has 2 aromatic carbocycles. The summed E-state index contributed by atoms with van der Waals surface area (Å²) in [6, 6.07) is 11.9. The Balaban J connectivity index is 2.23. The number of benzene rings is 2. The van der Waals surface area contributed by atoms with Crippen LogP contribution in [0.15, 0.2) is 36.4 Å². The third kappa shape index (κ3) is 3.30. The van der Waals surface area contributed by atoms with Crippen LogP contribution < -0.4 is 5.32 Å². The minimum absolute atomic E-state index is 0.0890. The van der Waals surface area contributed by atoms with E-state index >= 15 is 0 Å². The zero-order chi connectivity index (χ0) is 15.4. The van der Waals surface area contributed by atoms with Gasteiger partial charge in [-0.3, -0.25) is 10.1 Å². The molecule has 0 aromatic heterocycles. The van der Waals surface area contributed by atoms with Crippen molar-refractivity contribution in [3.63, 3.8) is 0 Å². The predicted octanol–water partition coefficient (Wildman–Crippen LogP) is 4.04. The maximum atomic E-state index is 10.9. The summed E-state index contributed by atoms with van der Waals surface area (Å²) in [6.07, 6.45) is 0. The van der Waals surface area contributed by atoms with Gasteiger partial charge in [-0.05, 0) is 30.7 Å². The Morgan fingerprint density at radius 2 is 2.14 bits per heavy atom. The van der Waals surface area contributed by atoms with Crippen molar-refractivity contribution in [2.45, 2.75) is 13.5 Å². The first-order valence-electron chi connectivity index (χ1n) is 6.19. The summed E-state index contributed by atoms with van der Waals surface area (Å²) in [5.41, 5.74) is 2.63. The molecule has 0 atom stereocenters. The second kappa shape index (κ2) is 6.25. The third-order valence-electron chi connectivity index (χ3n) is 3.18. The van der Waals surface area contributed by atoms with E-state index in [9.17, 15) is 10.1 Å². The summed E-state index contributed by atoms with van der Waals surface area (Å²) in [5, 5.41) is 23.4. The Hall–Kier alpha value is -2.58. The van der Waals surface area contributed by atoms with Crippen molar-refractivity contribution in [3.05, 3.63) is 68.2 Å². The molecule has 6 heteroatoms. The van der Waals surface area contributed by atoms with Crippen LogP contribution in [0.4, 0.5) is 11.4 Å². The van der Waals surface area contributed by atoms with Crippen molar-refractivity contribution in [2.24, 2.45) is 0 Å². The van der Waals surface area contributed by atoms with Crippen molar-refractivity contribution in [1.82, 2.24) is 0 Å². The van der Waals surface area contributed by atoms with Crippen LogP contribution >= 0.6 is 11.6 Å². The van der Waals surface area contributed by atoms with Crippen LogP contribution in [-0.2, 0) is 6.54 Å². The molecule has 0 bridgehead atoms. The fourth-order valence-electron chi connectivity index (χ4n) is 1.98. The summed E-state index contributed by atoms with van der Waals surface area (Å²) in [6.45, 7) is 2.10. The fraction of sp³-hybridized carbons (Fsp3) is 0.133. The molecule has 0 radical (unpaired) electrons. The van der Waals surface area contributed by atoms with Gasteiger partial charge < -0.3 is 5.32 Å². The standard InChI is InChI=1S/C15H12ClN3O2/c1-10-12(3-2-4-15(10)19(20)21)9-18-14-7-11(8-17)5-6-13(14)16/h2-7,18H,9H2,1H3. The molecule has 0 amide bonds. The molecule has 0 heterocycles. The van der Waals surface area contributed by atoms with Gasteiger partial charge in [0.2, 0.25) is 0 Å². The molecular weight excluding hydrogens is 290 g/mol. The van der Waals surface area contributed by atoms with Crippen LogP contribution in [0.1, 0.15) is 16.7 Å². The van der Waals surface area contributed by atoms with E-state index in [0.29, 0.717) is 28.4 Å². The van der Waals surface area contributed by atoms with Crippen LogP contribution in [0.25, 0.3) is 0 Å². The van der Waals surface area contributed by atoms with E-state index in [2.05, 4.69) is 5.32 Å². The maximum absolute atomic E-state index is 10.9. The number of hydrogen-bond donors (Lipinski definition) is 1. The Morgan fingerprint density at radius 1 is 1.38 bits per heavy atom. The molecule has 0 aliphatic heterocycles. The van der Waals surface area contributed by atoms with Crippen molar-refractivity contribution < 1.29 is 4.92 Å². The molecule has 2 aromatic rings. The highest BCUT2D eigenvalue weighted by Gasteiger charge is 2.13. The van der Waals surface area contributed by atoms with E-state index in [0.717, 1.165) is 5.56 Å². The third-order valence-corrected chi connectivity index (χ3v) is 3.51. The van der Waals surface area contributed by atoms with E-state index in [1.165, 1.54) is 6.07 Å². The minimum atomic E-state index is -0.401. The molecule has 21 heavy (non-hydrogen) atoms. The van der Waals surface area contributed by atoms with Crippen LogP contribution in [0.3, 0.4) is 0 Å². The number of nitrogens with one attached hydrogen (secondary N) is 1. The average molecular weight is 302 g/mol. The molecule has 2 rings (SSSR count). The summed E-state index contributed by atoms with van der Waals surface area (Å²) in [4.78, 5) is 10.5. The Labute approximate surface area is 126 Å². The molecule has 0 saturated heterocycles. The molecule has 0 spiro atoms. The quantitative estimate of drug-likeness (QED) is 0.682. The zero-order valence-electron chi connectivity index (χ0n) is 11.3. The maximum Gasteiger partial charge on any atom is 0.272 e. The molecule has 0 saturated carbocycles. The average Bonchev–Trinajstić information content (AvgIpc) is 2.47. The van der Waals surface area contributed by atoms with Gasteiger partial charge in [0.15, 0.2) is 0 Å². The predicted molar refractivity (Wildman–Crippen MR) is 81.3 cm³/mol. The fourth-order valence-corrected chi connectivity index (χ4v) is 2.16. The number of nitriles is 1. The lowest BCUT2D eigenvalue weighted by Gasteiger charge is -2.11. The molecular formula is C15H12ClN3O2. The lowest BCUT2D eigenvalue weighted by Crippen LogP contribution is -2.04. The minimum Gasteiger partial charge on any atom is -0.380 e. The van der Waals surface area contributed by atoms with Gasteiger partial charge in [-0.1, -0.05) is 23.7 Å². The van der Waals surface area contributed by atoms with Gasteiger partial charge >= 0.3 is 0 Å². The first-order valence-corrected chi connectivity index (χ1v) is 6.57. The number of rotatable bonds is 4. The lowest BCUT2D eigenvalue weighted by atomic mass is 10.1. The van der Waals surface area contributed by atoms with Gasteiger partial charge in [-0.25, -0.2) is 0 Å². The van der Waals surface area contributed by atoms with Crippen molar-refractivity contribution in [1.29, 1.82) is 5.26 Å². The molecule has 5 nitrogen and oxygen atoms in total. The first kappa shape index (κ1) is 14.8. The highest BCUT2D eigenvalue weighted by atomic mass is 35.5. The highest BCUT2D eigenvalue weighted by molar-refractivity contribution is 6.33. The molecule has 1 N–H and O–H groups in total. The van der Waals surface area contributed by atoms with Gasteiger partial charge in [0.25, 0.3) is 5.69 Å². The van der Waals surface area contributed by atoms with Crippen molar-refractivity contribution in [3.8, 4) is 6.07 Å². The second-order valence-electron chi connectivity index (χ2n) is 4.48. The SMILES string of the molecule is Cc1c(CNc2cc(C#N)ccc2Cl)cccc1[N+](=O)[O-]. The summed E-state index contributed by atoms with van der Waals surface area (Å²) >= 11 is 6.06. The number of nitro benzene ring substituents is 1.